The first-order valence-electron chi connectivity index (χ1n) is 8.29. The Morgan fingerprint density at radius 2 is 2.24 bits per heavy atom. The van der Waals surface area contributed by atoms with E-state index in [-0.39, 0.29) is 5.91 Å². The number of nitrogens with zero attached hydrogens (tertiary/aromatic N) is 3. The number of carbonyl (C=O) groups excluding carboxylic acids is 2. The quantitative estimate of drug-likeness (QED) is 0.826. The topological polar surface area (TPSA) is 76.5 Å². The van der Waals surface area contributed by atoms with Crippen LogP contribution in [0.1, 0.15) is 44.6 Å². The zero-order valence-electron chi connectivity index (χ0n) is 14.7. The Bertz CT molecular complexity index is 796. The van der Waals surface area contributed by atoms with Crippen LogP contribution in [0.2, 0.25) is 0 Å². The molecular formula is C17H22N4O3S. The van der Waals surface area contributed by atoms with E-state index < -0.39 is 5.97 Å². The van der Waals surface area contributed by atoms with Crippen LogP contribution in [-0.4, -0.2) is 46.8 Å². The fourth-order valence-electron chi connectivity index (χ4n) is 3.07. The van der Waals surface area contributed by atoms with Gasteiger partial charge in [0.25, 0.3) is 5.91 Å². The Hall–Kier alpha value is -2.19. The number of carbonyl (C=O) groups is 2. The minimum Gasteiger partial charge on any atom is -0.465 e. The third-order valence-corrected chi connectivity index (χ3v) is 5.37. The SMILES string of the molecule is CCCN1CCc2c(sc(NC(=O)c3ccn(C)n3)c2C(=O)OC)C1. The Labute approximate surface area is 150 Å². The summed E-state index contributed by atoms with van der Waals surface area (Å²) in [6.45, 7) is 4.90. The van der Waals surface area contributed by atoms with E-state index >= 15 is 0 Å². The first-order chi connectivity index (χ1) is 12.0. The van der Waals surface area contributed by atoms with Crippen LogP contribution in [0.5, 0.6) is 0 Å². The molecule has 134 valence electrons. The van der Waals surface area contributed by atoms with Gasteiger partial charge in [-0.2, -0.15) is 5.10 Å². The second-order valence-electron chi connectivity index (χ2n) is 6.05. The second-order valence-corrected chi connectivity index (χ2v) is 7.16. The van der Waals surface area contributed by atoms with Crippen LogP contribution in [0, 0.1) is 0 Å². The molecule has 2 aromatic rings. The third-order valence-electron chi connectivity index (χ3n) is 4.24. The molecular weight excluding hydrogens is 340 g/mol. The minimum atomic E-state index is -0.405. The summed E-state index contributed by atoms with van der Waals surface area (Å²) in [5.74, 6) is -0.729. The van der Waals surface area contributed by atoms with E-state index in [1.54, 1.807) is 24.0 Å². The van der Waals surface area contributed by atoms with Crippen molar-refractivity contribution in [2.75, 3.05) is 25.5 Å². The molecule has 1 amide bonds. The van der Waals surface area contributed by atoms with Gasteiger partial charge in [0, 0.05) is 31.2 Å². The van der Waals surface area contributed by atoms with Crippen LogP contribution in [0.3, 0.4) is 0 Å². The number of hydrogen-bond acceptors (Lipinski definition) is 6. The molecule has 8 heteroatoms. The predicted molar refractivity (Wildman–Crippen MR) is 96.1 cm³/mol. The molecule has 0 saturated heterocycles. The van der Waals surface area contributed by atoms with Crippen LogP contribution >= 0.6 is 11.3 Å². The van der Waals surface area contributed by atoms with Gasteiger partial charge in [0.2, 0.25) is 0 Å². The van der Waals surface area contributed by atoms with Crippen LogP contribution in [0.15, 0.2) is 12.3 Å². The molecule has 0 fully saturated rings. The Morgan fingerprint density at radius 3 is 2.88 bits per heavy atom. The molecule has 3 rings (SSSR count). The van der Waals surface area contributed by atoms with Crippen molar-refractivity contribution in [1.82, 2.24) is 14.7 Å². The number of anilines is 1. The van der Waals surface area contributed by atoms with Crippen molar-refractivity contribution in [2.24, 2.45) is 7.05 Å². The molecule has 0 atom stereocenters. The number of esters is 1. The number of fused-ring (bicyclic) bond motifs is 1. The zero-order chi connectivity index (χ0) is 18.0. The van der Waals surface area contributed by atoms with E-state index in [0.717, 1.165) is 42.9 Å². The lowest BCUT2D eigenvalue weighted by Gasteiger charge is -2.26. The van der Waals surface area contributed by atoms with Crippen molar-refractivity contribution in [3.8, 4) is 0 Å². The molecule has 0 saturated carbocycles. The first kappa shape index (κ1) is 17.6. The van der Waals surface area contributed by atoms with Gasteiger partial charge in [-0.3, -0.25) is 14.4 Å². The normalized spacial score (nSPS) is 14.2. The molecule has 0 spiro atoms. The van der Waals surface area contributed by atoms with Gasteiger partial charge in [-0.1, -0.05) is 6.92 Å². The van der Waals surface area contributed by atoms with E-state index in [1.807, 2.05) is 0 Å². The van der Waals surface area contributed by atoms with E-state index in [0.29, 0.717) is 16.3 Å². The summed E-state index contributed by atoms with van der Waals surface area (Å²) < 4.78 is 6.52. The summed E-state index contributed by atoms with van der Waals surface area (Å²) in [4.78, 5) is 28.2. The lowest BCUT2D eigenvalue weighted by Crippen LogP contribution is -2.30. The molecule has 1 aliphatic heterocycles. The molecule has 0 aliphatic carbocycles. The molecule has 1 aliphatic rings. The average Bonchev–Trinajstić information content (AvgIpc) is 3.17. The Morgan fingerprint density at radius 1 is 1.44 bits per heavy atom. The smallest absolute Gasteiger partial charge is 0.341 e. The van der Waals surface area contributed by atoms with Gasteiger partial charge < -0.3 is 10.1 Å². The van der Waals surface area contributed by atoms with Crippen LogP contribution in [0.25, 0.3) is 0 Å². The molecule has 0 unspecified atom stereocenters. The van der Waals surface area contributed by atoms with Crippen LogP contribution in [-0.2, 0) is 24.8 Å². The first-order valence-corrected chi connectivity index (χ1v) is 9.11. The van der Waals surface area contributed by atoms with Crippen molar-refractivity contribution in [1.29, 1.82) is 0 Å². The molecule has 3 heterocycles. The summed E-state index contributed by atoms with van der Waals surface area (Å²) in [5, 5.41) is 7.50. The number of ether oxygens (including phenoxy) is 1. The molecule has 1 N–H and O–H groups in total. The summed E-state index contributed by atoms with van der Waals surface area (Å²) in [7, 11) is 3.12. The highest BCUT2D eigenvalue weighted by Gasteiger charge is 2.29. The van der Waals surface area contributed by atoms with Crippen molar-refractivity contribution < 1.29 is 14.3 Å². The summed E-state index contributed by atoms with van der Waals surface area (Å²) in [5.41, 5.74) is 1.81. The van der Waals surface area contributed by atoms with Gasteiger partial charge in [-0.15, -0.1) is 11.3 Å². The largest absolute Gasteiger partial charge is 0.465 e. The maximum Gasteiger partial charge on any atom is 0.341 e. The van der Waals surface area contributed by atoms with Crippen molar-refractivity contribution in [2.45, 2.75) is 26.3 Å². The molecule has 0 aromatic carbocycles. The van der Waals surface area contributed by atoms with Gasteiger partial charge in [0.05, 0.1) is 12.7 Å². The summed E-state index contributed by atoms with van der Waals surface area (Å²) >= 11 is 1.46. The fourth-order valence-corrected chi connectivity index (χ4v) is 4.35. The van der Waals surface area contributed by atoms with E-state index in [2.05, 4.69) is 22.2 Å². The number of amides is 1. The van der Waals surface area contributed by atoms with E-state index in [9.17, 15) is 9.59 Å². The molecule has 0 radical (unpaired) electrons. The lowest BCUT2D eigenvalue weighted by molar-refractivity contribution is 0.0600. The number of nitrogens with one attached hydrogen (secondary N) is 1. The van der Waals surface area contributed by atoms with E-state index in [1.165, 1.54) is 18.4 Å². The summed E-state index contributed by atoms with van der Waals surface area (Å²) in [6.07, 6.45) is 3.59. The number of aryl methyl sites for hydroxylation is 1. The lowest BCUT2D eigenvalue weighted by atomic mass is 10.0. The number of thiophene rings is 1. The highest BCUT2D eigenvalue weighted by molar-refractivity contribution is 7.17. The Balaban J connectivity index is 1.90. The molecule has 0 bridgehead atoms. The number of aromatic nitrogens is 2. The number of rotatable bonds is 5. The molecule has 7 nitrogen and oxygen atoms in total. The van der Waals surface area contributed by atoms with Crippen LogP contribution in [0.4, 0.5) is 5.00 Å². The molecule has 25 heavy (non-hydrogen) atoms. The standard InChI is InChI=1S/C17H22N4O3S/c1-4-7-21-9-5-11-13(10-21)25-16(14(11)17(23)24-3)18-15(22)12-6-8-20(2)19-12/h6,8H,4-5,7,9-10H2,1-3H3,(H,18,22). The average molecular weight is 362 g/mol. The predicted octanol–water partition coefficient (Wildman–Crippen LogP) is 2.29. The second kappa shape index (κ2) is 7.37. The van der Waals surface area contributed by atoms with Crippen molar-refractivity contribution >= 4 is 28.2 Å². The summed E-state index contributed by atoms with van der Waals surface area (Å²) in [6, 6.07) is 1.64. The molecule has 2 aromatic heterocycles. The highest BCUT2D eigenvalue weighted by atomic mass is 32.1. The van der Waals surface area contributed by atoms with Gasteiger partial charge in [0.1, 0.15) is 5.00 Å². The fraction of sp³-hybridized carbons (Fsp3) is 0.471. The minimum absolute atomic E-state index is 0.317. The maximum atomic E-state index is 12.4. The van der Waals surface area contributed by atoms with Crippen molar-refractivity contribution in [3.05, 3.63) is 34.0 Å². The maximum absolute atomic E-state index is 12.4. The number of methoxy groups -OCH3 is 1. The van der Waals surface area contributed by atoms with Gasteiger partial charge >= 0.3 is 5.97 Å². The van der Waals surface area contributed by atoms with E-state index in [4.69, 9.17) is 4.74 Å². The van der Waals surface area contributed by atoms with Crippen molar-refractivity contribution in [3.63, 3.8) is 0 Å². The monoisotopic (exact) mass is 362 g/mol. The third kappa shape index (κ3) is 3.59. The Kier molecular flexibility index (Phi) is 5.19. The number of hydrogen-bond donors (Lipinski definition) is 1. The van der Waals surface area contributed by atoms with Crippen LogP contribution < -0.4 is 5.32 Å². The highest BCUT2D eigenvalue weighted by Crippen LogP contribution is 2.37. The zero-order valence-corrected chi connectivity index (χ0v) is 15.5. The van der Waals surface area contributed by atoms with Gasteiger partial charge in [0.15, 0.2) is 5.69 Å². The van der Waals surface area contributed by atoms with Gasteiger partial charge in [-0.05, 0) is 31.0 Å². The van der Waals surface area contributed by atoms with Gasteiger partial charge in [-0.25, -0.2) is 4.79 Å².